The molecule has 1 nitrogen and oxygen atoms in total. The SMILES string of the molecule is CCCC1CCC(c2ccc(COC(F)(F)Cc3cc(F)c(F)c(F)c3)cc2)CC1. The second kappa shape index (κ2) is 9.90. The van der Waals surface area contributed by atoms with Gasteiger partial charge < -0.3 is 4.74 Å². The molecular weight excluding hydrogens is 399 g/mol. The minimum absolute atomic E-state index is 0.331. The van der Waals surface area contributed by atoms with Crippen molar-refractivity contribution in [3.63, 3.8) is 0 Å². The Kier molecular flexibility index (Phi) is 7.50. The lowest BCUT2D eigenvalue weighted by Gasteiger charge is -2.28. The Morgan fingerprint density at radius 2 is 1.50 bits per heavy atom. The molecule has 0 bridgehead atoms. The normalized spacial score (nSPS) is 19.8. The zero-order valence-corrected chi connectivity index (χ0v) is 17.1. The summed E-state index contributed by atoms with van der Waals surface area (Å²) in [6, 6.07) is 8.60. The van der Waals surface area contributed by atoms with E-state index in [1.807, 2.05) is 12.1 Å². The molecule has 164 valence electrons. The summed E-state index contributed by atoms with van der Waals surface area (Å²) in [6.07, 6.45) is 2.62. The molecule has 0 aliphatic heterocycles. The highest BCUT2D eigenvalue weighted by Gasteiger charge is 2.31. The quantitative estimate of drug-likeness (QED) is 0.313. The third-order valence-electron chi connectivity index (χ3n) is 5.90. The van der Waals surface area contributed by atoms with Crippen LogP contribution >= 0.6 is 0 Å². The van der Waals surface area contributed by atoms with Crippen molar-refractivity contribution >= 4 is 0 Å². The fraction of sp³-hybridized carbons (Fsp3) is 0.500. The zero-order valence-electron chi connectivity index (χ0n) is 17.1. The Morgan fingerprint density at radius 3 is 2.07 bits per heavy atom. The van der Waals surface area contributed by atoms with E-state index in [2.05, 4.69) is 11.7 Å². The Morgan fingerprint density at radius 1 is 0.900 bits per heavy atom. The lowest BCUT2D eigenvalue weighted by atomic mass is 9.77. The van der Waals surface area contributed by atoms with Gasteiger partial charge in [0.15, 0.2) is 17.5 Å². The average Bonchev–Trinajstić information content (AvgIpc) is 2.71. The molecule has 0 N–H and O–H groups in total. The maximum absolute atomic E-state index is 14.1. The highest BCUT2D eigenvalue weighted by atomic mass is 19.3. The van der Waals surface area contributed by atoms with Gasteiger partial charge in [-0.15, -0.1) is 0 Å². The van der Waals surface area contributed by atoms with Crippen LogP contribution in [0.5, 0.6) is 0 Å². The molecule has 0 radical (unpaired) electrons. The number of hydrogen-bond donors (Lipinski definition) is 0. The van der Waals surface area contributed by atoms with E-state index in [0.717, 1.165) is 18.8 Å². The molecule has 1 aliphatic carbocycles. The Hall–Kier alpha value is -1.95. The van der Waals surface area contributed by atoms with E-state index < -0.39 is 30.0 Å². The lowest BCUT2D eigenvalue weighted by Crippen LogP contribution is -2.24. The molecule has 6 heteroatoms. The molecule has 0 heterocycles. The van der Waals surface area contributed by atoms with Crippen molar-refractivity contribution in [2.45, 2.75) is 70.5 Å². The Bertz CT molecular complexity index is 803. The molecular formula is C24H27F5O. The fourth-order valence-corrected chi connectivity index (χ4v) is 4.27. The fourth-order valence-electron chi connectivity index (χ4n) is 4.27. The smallest absolute Gasteiger partial charge is 0.315 e. The predicted octanol–water partition coefficient (Wildman–Crippen LogP) is 7.53. The first-order chi connectivity index (χ1) is 14.3. The second-order valence-corrected chi connectivity index (χ2v) is 8.22. The molecule has 30 heavy (non-hydrogen) atoms. The first kappa shape index (κ1) is 22.7. The van der Waals surface area contributed by atoms with Gasteiger partial charge in [-0.2, -0.15) is 8.78 Å². The van der Waals surface area contributed by atoms with Gasteiger partial charge in [0.25, 0.3) is 0 Å². The topological polar surface area (TPSA) is 9.23 Å². The predicted molar refractivity (Wildman–Crippen MR) is 106 cm³/mol. The van der Waals surface area contributed by atoms with E-state index in [0.29, 0.717) is 23.6 Å². The largest absolute Gasteiger partial charge is 0.360 e. The molecule has 0 spiro atoms. The van der Waals surface area contributed by atoms with Crippen molar-refractivity contribution in [1.29, 1.82) is 0 Å². The van der Waals surface area contributed by atoms with Crippen LogP contribution in [-0.4, -0.2) is 6.11 Å². The molecule has 1 saturated carbocycles. The van der Waals surface area contributed by atoms with E-state index in [9.17, 15) is 22.0 Å². The summed E-state index contributed by atoms with van der Waals surface area (Å²) in [5.74, 6) is -3.34. The van der Waals surface area contributed by atoms with E-state index in [4.69, 9.17) is 0 Å². The average molecular weight is 426 g/mol. The molecule has 1 aliphatic rings. The van der Waals surface area contributed by atoms with Crippen LogP contribution in [0.4, 0.5) is 22.0 Å². The lowest BCUT2D eigenvalue weighted by molar-refractivity contribution is -0.244. The summed E-state index contributed by atoms with van der Waals surface area (Å²) in [5.41, 5.74) is 1.44. The highest BCUT2D eigenvalue weighted by Crippen LogP contribution is 2.37. The maximum Gasteiger partial charge on any atom is 0.360 e. The maximum atomic E-state index is 14.1. The molecule has 0 unspecified atom stereocenters. The third kappa shape index (κ3) is 6.03. The number of benzene rings is 2. The summed E-state index contributed by atoms with van der Waals surface area (Å²) < 4.78 is 72.2. The van der Waals surface area contributed by atoms with Gasteiger partial charge in [0.1, 0.15) is 0 Å². The zero-order chi connectivity index (χ0) is 21.7. The third-order valence-corrected chi connectivity index (χ3v) is 5.90. The molecule has 0 amide bonds. The number of alkyl halides is 2. The number of ether oxygens (including phenoxy) is 1. The summed E-state index contributed by atoms with van der Waals surface area (Å²) in [7, 11) is 0. The van der Waals surface area contributed by atoms with Crippen LogP contribution in [0.2, 0.25) is 0 Å². The van der Waals surface area contributed by atoms with Crippen LogP contribution in [0.25, 0.3) is 0 Å². The van der Waals surface area contributed by atoms with Crippen LogP contribution in [0, 0.1) is 23.4 Å². The van der Waals surface area contributed by atoms with Gasteiger partial charge in [-0.3, -0.25) is 0 Å². The monoisotopic (exact) mass is 426 g/mol. The molecule has 0 atom stereocenters. The van der Waals surface area contributed by atoms with Crippen LogP contribution in [0.3, 0.4) is 0 Å². The van der Waals surface area contributed by atoms with Crippen molar-refractivity contribution in [3.05, 3.63) is 70.5 Å². The minimum Gasteiger partial charge on any atom is -0.315 e. The number of rotatable bonds is 8. The van der Waals surface area contributed by atoms with E-state index in [1.165, 1.54) is 31.2 Å². The van der Waals surface area contributed by atoms with Crippen molar-refractivity contribution in [1.82, 2.24) is 0 Å². The molecule has 1 fully saturated rings. The van der Waals surface area contributed by atoms with Crippen molar-refractivity contribution in [2.75, 3.05) is 0 Å². The van der Waals surface area contributed by atoms with Gasteiger partial charge in [0.2, 0.25) is 0 Å². The summed E-state index contributed by atoms with van der Waals surface area (Å²) in [5, 5.41) is 0. The highest BCUT2D eigenvalue weighted by molar-refractivity contribution is 5.25. The van der Waals surface area contributed by atoms with Crippen LogP contribution < -0.4 is 0 Å². The van der Waals surface area contributed by atoms with Gasteiger partial charge in [-0.1, -0.05) is 44.0 Å². The van der Waals surface area contributed by atoms with Crippen LogP contribution in [0.15, 0.2) is 36.4 Å². The minimum atomic E-state index is -3.63. The Labute approximate surface area is 174 Å². The first-order valence-electron chi connectivity index (χ1n) is 10.5. The van der Waals surface area contributed by atoms with E-state index in [-0.39, 0.29) is 12.2 Å². The summed E-state index contributed by atoms with van der Waals surface area (Å²) in [4.78, 5) is 0. The van der Waals surface area contributed by atoms with Gasteiger partial charge in [0.05, 0.1) is 13.0 Å². The number of hydrogen-bond acceptors (Lipinski definition) is 1. The van der Waals surface area contributed by atoms with Crippen molar-refractivity contribution in [3.8, 4) is 0 Å². The first-order valence-corrected chi connectivity index (χ1v) is 10.5. The Balaban J connectivity index is 1.53. The molecule has 0 saturated heterocycles. The van der Waals surface area contributed by atoms with Gasteiger partial charge in [-0.25, -0.2) is 13.2 Å². The van der Waals surface area contributed by atoms with Gasteiger partial charge >= 0.3 is 6.11 Å². The molecule has 0 aromatic heterocycles. The van der Waals surface area contributed by atoms with Crippen LogP contribution in [-0.2, 0) is 17.8 Å². The van der Waals surface area contributed by atoms with E-state index >= 15 is 0 Å². The van der Waals surface area contributed by atoms with Crippen molar-refractivity contribution in [2.24, 2.45) is 5.92 Å². The van der Waals surface area contributed by atoms with Gasteiger partial charge in [0, 0.05) is 0 Å². The van der Waals surface area contributed by atoms with E-state index in [1.54, 1.807) is 12.1 Å². The molecule has 2 aromatic carbocycles. The van der Waals surface area contributed by atoms with Crippen molar-refractivity contribution < 1.29 is 26.7 Å². The summed E-state index contributed by atoms with van der Waals surface area (Å²) >= 11 is 0. The standard InChI is InChI=1S/C24H27F5O/c1-2-3-16-4-8-19(9-5-16)20-10-6-17(7-11-20)15-30-24(28,29)14-18-12-21(25)23(27)22(26)13-18/h6-7,10-13,16,19H,2-5,8-9,14-15H2,1H3. The molecule has 3 rings (SSSR count). The second-order valence-electron chi connectivity index (χ2n) is 8.22. The number of halogens is 5. The summed E-state index contributed by atoms with van der Waals surface area (Å²) in [6.45, 7) is 1.88. The molecule has 2 aromatic rings. The van der Waals surface area contributed by atoms with Crippen LogP contribution in [0.1, 0.15) is 68.1 Å². The van der Waals surface area contributed by atoms with Gasteiger partial charge in [-0.05, 0) is 66.3 Å².